The summed E-state index contributed by atoms with van der Waals surface area (Å²) < 4.78 is 40.2. The Kier molecular flexibility index (Phi) is 3.48. The molecule has 0 fully saturated rings. The monoisotopic (exact) mass is 299 g/mol. The maximum absolute atomic E-state index is 12.5. The molecule has 1 unspecified atom stereocenters. The first-order valence-electron chi connectivity index (χ1n) is 6.81. The highest BCUT2D eigenvalue weighted by molar-refractivity contribution is 5.23. The van der Waals surface area contributed by atoms with Gasteiger partial charge in [0.1, 0.15) is 12.4 Å². The van der Waals surface area contributed by atoms with Crippen LogP contribution in [0.5, 0.6) is 0 Å². The van der Waals surface area contributed by atoms with Crippen LogP contribution in [0.3, 0.4) is 0 Å². The Hall–Kier alpha value is -1.83. The molecule has 0 spiro atoms. The van der Waals surface area contributed by atoms with E-state index in [-0.39, 0.29) is 12.6 Å². The van der Waals surface area contributed by atoms with E-state index < -0.39 is 12.7 Å². The second-order valence-corrected chi connectivity index (χ2v) is 5.32. The van der Waals surface area contributed by atoms with Crippen LogP contribution in [0.4, 0.5) is 13.2 Å². The van der Waals surface area contributed by atoms with E-state index >= 15 is 0 Å². The van der Waals surface area contributed by atoms with E-state index in [9.17, 15) is 13.2 Å². The summed E-state index contributed by atoms with van der Waals surface area (Å²) in [4.78, 5) is 3.99. The molecule has 0 amide bonds. The molecule has 2 heterocycles. The summed E-state index contributed by atoms with van der Waals surface area (Å²) in [5, 5.41) is 4.40. The first-order chi connectivity index (χ1) is 9.92. The number of fused-ring (bicyclic) bond motifs is 1. The minimum absolute atomic E-state index is 0.0788. The van der Waals surface area contributed by atoms with Crippen LogP contribution in [0.2, 0.25) is 0 Å². The molecule has 2 N–H and O–H groups in total. The fraction of sp³-hybridized carbons (Fsp3) is 0.538. The average Bonchev–Trinajstić information content (AvgIpc) is 2.96. The summed E-state index contributed by atoms with van der Waals surface area (Å²) in [7, 11) is 0. The maximum Gasteiger partial charge on any atom is 0.406 e. The lowest BCUT2D eigenvalue weighted by Crippen LogP contribution is -2.20. The van der Waals surface area contributed by atoms with Gasteiger partial charge < -0.3 is 10.3 Å². The molecule has 21 heavy (non-hydrogen) atoms. The van der Waals surface area contributed by atoms with Crippen molar-refractivity contribution in [1.82, 2.24) is 19.3 Å². The molecule has 1 aliphatic rings. The zero-order chi connectivity index (χ0) is 15.0. The van der Waals surface area contributed by atoms with Crippen molar-refractivity contribution < 1.29 is 13.2 Å². The molecule has 8 heteroatoms. The van der Waals surface area contributed by atoms with Crippen LogP contribution in [-0.2, 0) is 19.5 Å². The van der Waals surface area contributed by atoms with Gasteiger partial charge in [-0.2, -0.15) is 18.3 Å². The van der Waals surface area contributed by atoms with Crippen LogP contribution < -0.4 is 5.73 Å². The van der Waals surface area contributed by atoms with Crippen LogP contribution in [0, 0.1) is 0 Å². The average molecular weight is 299 g/mol. The smallest absolute Gasteiger partial charge is 0.324 e. The Morgan fingerprint density at radius 1 is 1.38 bits per heavy atom. The predicted octanol–water partition coefficient (Wildman–Crippen LogP) is 2.03. The molecular formula is C13H16F3N5. The van der Waals surface area contributed by atoms with Gasteiger partial charge >= 0.3 is 6.18 Å². The van der Waals surface area contributed by atoms with Crippen LogP contribution in [0.15, 0.2) is 18.6 Å². The summed E-state index contributed by atoms with van der Waals surface area (Å²) in [5.74, 6) is 0.334. The largest absolute Gasteiger partial charge is 0.406 e. The van der Waals surface area contributed by atoms with Gasteiger partial charge in [-0.3, -0.25) is 4.68 Å². The molecule has 0 radical (unpaired) electrons. The van der Waals surface area contributed by atoms with E-state index in [0.717, 1.165) is 35.1 Å². The normalized spacial score (nSPS) is 18.8. The molecule has 114 valence electrons. The number of halogens is 3. The highest BCUT2D eigenvalue weighted by atomic mass is 19.4. The van der Waals surface area contributed by atoms with Crippen molar-refractivity contribution in [1.29, 1.82) is 0 Å². The number of hydrogen-bond acceptors (Lipinski definition) is 3. The van der Waals surface area contributed by atoms with Gasteiger partial charge in [0.25, 0.3) is 0 Å². The quantitative estimate of drug-likeness (QED) is 0.943. The zero-order valence-corrected chi connectivity index (χ0v) is 11.3. The molecule has 2 aromatic rings. The Morgan fingerprint density at radius 2 is 2.19 bits per heavy atom. The standard InChI is InChI=1S/C13H16F3N5/c14-13(15,16)8-20-5-4-18-11(20)7-21-6-9-2-1-3-10(17)12(9)19-21/h4-6,10H,1-3,7-8,17H2. The van der Waals surface area contributed by atoms with Crippen molar-refractivity contribution in [2.75, 3.05) is 0 Å². The summed E-state index contributed by atoms with van der Waals surface area (Å²) >= 11 is 0. The summed E-state index contributed by atoms with van der Waals surface area (Å²) in [6.07, 6.45) is 3.13. The molecule has 0 aromatic carbocycles. The van der Waals surface area contributed by atoms with Crippen molar-refractivity contribution in [2.45, 2.75) is 44.6 Å². The lowest BCUT2D eigenvalue weighted by Gasteiger charge is -2.15. The minimum atomic E-state index is -4.26. The van der Waals surface area contributed by atoms with E-state index in [1.807, 2.05) is 6.20 Å². The maximum atomic E-state index is 12.5. The Bertz CT molecular complexity index is 628. The molecule has 0 saturated heterocycles. The van der Waals surface area contributed by atoms with Gasteiger partial charge in [0, 0.05) is 24.6 Å². The van der Waals surface area contributed by atoms with Gasteiger partial charge in [0.2, 0.25) is 0 Å². The SMILES string of the molecule is NC1CCCc2cn(Cc3nccn3CC(F)(F)F)nc21. The van der Waals surface area contributed by atoms with Gasteiger partial charge in [-0.15, -0.1) is 0 Å². The van der Waals surface area contributed by atoms with Gasteiger partial charge in [0.15, 0.2) is 0 Å². The van der Waals surface area contributed by atoms with Crippen molar-refractivity contribution >= 4 is 0 Å². The summed E-state index contributed by atoms with van der Waals surface area (Å²) in [6, 6.07) is -0.0788. The lowest BCUT2D eigenvalue weighted by atomic mass is 9.95. The van der Waals surface area contributed by atoms with Gasteiger partial charge in [-0.25, -0.2) is 4.98 Å². The Labute approximate surface area is 119 Å². The molecular weight excluding hydrogens is 283 g/mol. The zero-order valence-electron chi connectivity index (χ0n) is 11.3. The van der Waals surface area contributed by atoms with E-state index in [1.165, 1.54) is 12.4 Å². The second kappa shape index (κ2) is 5.18. The van der Waals surface area contributed by atoms with Crippen molar-refractivity contribution in [3.05, 3.63) is 35.7 Å². The summed E-state index contributed by atoms with van der Waals surface area (Å²) in [6.45, 7) is -0.828. The minimum Gasteiger partial charge on any atom is -0.324 e. The third-order valence-corrected chi connectivity index (χ3v) is 3.64. The van der Waals surface area contributed by atoms with E-state index in [1.54, 1.807) is 4.68 Å². The predicted molar refractivity (Wildman–Crippen MR) is 69.5 cm³/mol. The molecule has 0 saturated carbocycles. The summed E-state index contributed by atoms with van der Waals surface area (Å²) in [5.41, 5.74) is 7.94. The molecule has 1 aliphatic carbocycles. The van der Waals surface area contributed by atoms with Gasteiger partial charge in [-0.05, 0) is 24.8 Å². The van der Waals surface area contributed by atoms with Crippen molar-refractivity contribution in [3.8, 4) is 0 Å². The highest BCUT2D eigenvalue weighted by Gasteiger charge is 2.29. The Balaban J connectivity index is 1.80. The van der Waals surface area contributed by atoms with Crippen LogP contribution in [0.1, 0.15) is 36.0 Å². The fourth-order valence-corrected chi connectivity index (χ4v) is 2.69. The van der Waals surface area contributed by atoms with Crippen LogP contribution >= 0.6 is 0 Å². The number of nitrogens with zero attached hydrogens (tertiary/aromatic N) is 4. The number of alkyl halides is 3. The van der Waals surface area contributed by atoms with E-state index in [0.29, 0.717) is 5.82 Å². The van der Waals surface area contributed by atoms with E-state index in [2.05, 4.69) is 10.1 Å². The highest BCUT2D eigenvalue weighted by Crippen LogP contribution is 2.26. The second-order valence-electron chi connectivity index (χ2n) is 5.32. The third kappa shape index (κ3) is 3.10. The number of imidazole rings is 1. The molecule has 2 aromatic heterocycles. The molecule has 5 nitrogen and oxygen atoms in total. The number of aryl methyl sites for hydroxylation is 1. The first-order valence-corrected chi connectivity index (χ1v) is 6.81. The van der Waals surface area contributed by atoms with Gasteiger partial charge in [-0.1, -0.05) is 0 Å². The topological polar surface area (TPSA) is 61.7 Å². The van der Waals surface area contributed by atoms with Crippen LogP contribution in [-0.4, -0.2) is 25.5 Å². The number of aromatic nitrogens is 4. The third-order valence-electron chi connectivity index (χ3n) is 3.64. The molecule has 3 rings (SSSR count). The number of rotatable bonds is 3. The molecule has 0 bridgehead atoms. The Morgan fingerprint density at radius 3 is 2.90 bits per heavy atom. The van der Waals surface area contributed by atoms with Crippen molar-refractivity contribution in [3.63, 3.8) is 0 Å². The molecule has 0 aliphatic heterocycles. The number of nitrogens with two attached hydrogens (primary N) is 1. The van der Waals surface area contributed by atoms with E-state index in [4.69, 9.17) is 5.73 Å². The fourth-order valence-electron chi connectivity index (χ4n) is 2.69. The van der Waals surface area contributed by atoms with Crippen molar-refractivity contribution in [2.24, 2.45) is 5.73 Å². The van der Waals surface area contributed by atoms with Crippen LogP contribution in [0.25, 0.3) is 0 Å². The van der Waals surface area contributed by atoms with Gasteiger partial charge in [0.05, 0.1) is 12.2 Å². The number of hydrogen-bond donors (Lipinski definition) is 1. The first kappa shape index (κ1) is 14.1. The molecule has 1 atom stereocenters. The lowest BCUT2D eigenvalue weighted by molar-refractivity contribution is -0.141.